The number of hydrogen-bond donors (Lipinski definition) is 2. The van der Waals surface area contributed by atoms with Gasteiger partial charge in [-0.3, -0.25) is 9.69 Å². The molecule has 1 heterocycles. The number of nitrogens with one attached hydrogen (secondary N) is 1. The van der Waals surface area contributed by atoms with E-state index >= 15 is 0 Å². The summed E-state index contributed by atoms with van der Waals surface area (Å²) in [5.41, 5.74) is 0.927. The summed E-state index contributed by atoms with van der Waals surface area (Å²) in [5.74, 6) is -0.603. The van der Waals surface area contributed by atoms with Gasteiger partial charge >= 0.3 is 12.0 Å². The van der Waals surface area contributed by atoms with Crippen LogP contribution in [-0.2, 0) is 4.79 Å². The zero-order valence-corrected chi connectivity index (χ0v) is 17.1. The molecule has 27 heavy (non-hydrogen) atoms. The molecule has 1 aromatic rings. The molecule has 0 radical (unpaired) electrons. The van der Waals surface area contributed by atoms with Gasteiger partial charge in [0.15, 0.2) is 0 Å². The second kappa shape index (κ2) is 9.95. The maximum atomic E-state index is 12.8. The van der Waals surface area contributed by atoms with Crippen molar-refractivity contribution in [3.8, 4) is 0 Å². The Balaban J connectivity index is 1.96. The monoisotopic (exact) mass is 395 g/mol. The molecule has 1 atom stereocenters. The van der Waals surface area contributed by atoms with E-state index in [1.165, 1.54) is 0 Å². The Bertz CT molecular complexity index is 645. The lowest BCUT2D eigenvalue weighted by Gasteiger charge is -2.38. The molecule has 2 rings (SSSR count). The van der Waals surface area contributed by atoms with E-state index in [4.69, 9.17) is 16.7 Å². The van der Waals surface area contributed by atoms with Crippen LogP contribution in [-0.4, -0.2) is 59.1 Å². The third kappa shape index (κ3) is 5.84. The molecule has 1 aliphatic heterocycles. The average molecular weight is 396 g/mol. The lowest BCUT2D eigenvalue weighted by Crippen LogP contribution is -2.51. The van der Waals surface area contributed by atoms with Crippen molar-refractivity contribution in [2.75, 3.05) is 26.2 Å². The molecule has 1 unspecified atom stereocenters. The summed E-state index contributed by atoms with van der Waals surface area (Å²) >= 11 is 6.33. The molecule has 1 saturated heterocycles. The normalized spacial score (nSPS) is 16.6. The summed E-state index contributed by atoms with van der Waals surface area (Å²) in [6.45, 7) is 8.09. The zero-order chi connectivity index (χ0) is 20.0. The third-order valence-electron chi connectivity index (χ3n) is 5.20. The first-order valence-electron chi connectivity index (χ1n) is 9.59. The molecule has 0 saturated carbocycles. The molecule has 2 amide bonds. The van der Waals surface area contributed by atoms with Crippen molar-refractivity contribution < 1.29 is 14.7 Å². The summed E-state index contributed by atoms with van der Waals surface area (Å²) in [5, 5.41) is 12.8. The van der Waals surface area contributed by atoms with Crippen LogP contribution in [0.15, 0.2) is 24.3 Å². The largest absolute Gasteiger partial charge is 0.480 e. The fraction of sp³-hybridized carbons (Fsp3) is 0.600. The molecule has 1 aromatic carbocycles. The highest BCUT2D eigenvalue weighted by atomic mass is 35.5. The topological polar surface area (TPSA) is 72.9 Å². The number of likely N-dealkylation sites (N-methyl/N-ethyl adjacent to an activating group) is 1. The molecule has 6 nitrogen and oxygen atoms in total. The van der Waals surface area contributed by atoms with Gasteiger partial charge in [0.1, 0.15) is 0 Å². The number of carboxylic acids is 1. The predicted octanol–water partition coefficient (Wildman–Crippen LogP) is 3.62. The number of rotatable bonds is 7. The summed E-state index contributed by atoms with van der Waals surface area (Å²) in [6.07, 6.45) is 1.57. The first-order valence-corrected chi connectivity index (χ1v) is 9.97. The minimum Gasteiger partial charge on any atom is -0.480 e. The van der Waals surface area contributed by atoms with E-state index in [-0.39, 0.29) is 30.6 Å². The lowest BCUT2D eigenvalue weighted by atomic mass is 9.96. The number of likely N-dealkylation sites (tertiary alicyclic amines) is 1. The average Bonchev–Trinajstić information content (AvgIpc) is 2.64. The lowest BCUT2D eigenvalue weighted by molar-refractivity contribution is -0.139. The first kappa shape index (κ1) is 21.5. The smallest absolute Gasteiger partial charge is 0.317 e. The highest BCUT2D eigenvalue weighted by Gasteiger charge is 2.29. The number of aliphatic carboxylic acids is 1. The molecule has 1 fully saturated rings. The molecule has 2 N–H and O–H groups in total. The fourth-order valence-corrected chi connectivity index (χ4v) is 3.92. The van der Waals surface area contributed by atoms with E-state index in [0.29, 0.717) is 24.7 Å². The van der Waals surface area contributed by atoms with E-state index in [2.05, 4.69) is 19.2 Å². The van der Waals surface area contributed by atoms with Gasteiger partial charge in [0, 0.05) is 24.2 Å². The molecule has 0 aliphatic carbocycles. The van der Waals surface area contributed by atoms with Crippen molar-refractivity contribution in [1.29, 1.82) is 0 Å². The van der Waals surface area contributed by atoms with Crippen molar-refractivity contribution >= 4 is 23.6 Å². The van der Waals surface area contributed by atoms with Crippen LogP contribution in [0.4, 0.5) is 4.79 Å². The summed E-state index contributed by atoms with van der Waals surface area (Å²) in [6, 6.07) is 7.56. The molecule has 1 aliphatic rings. The number of hydrogen-bond acceptors (Lipinski definition) is 3. The Morgan fingerprint density at radius 3 is 2.44 bits per heavy atom. The second-order valence-electron chi connectivity index (χ2n) is 7.37. The van der Waals surface area contributed by atoms with Gasteiger partial charge in [-0.05, 0) is 36.9 Å². The number of carbonyl (C=O) groups excluding carboxylic acids is 1. The SMILES string of the molecule is CCN(CC(=O)O)C1CCN(C(=O)NC(c2ccccc2Cl)C(C)C)CC1. The van der Waals surface area contributed by atoms with Gasteiger partial charge in [0.05, 0.1) is 12.6 Å². The van der Waals surface area contributed by atoms with Crippen LogP contribution in [0.1, 0.15) is 45.2 Å². The summed E-state index contributed by atoms with van der Waals surface area (Å²) in [4.78, 5) is 27.6. The van der Waals surface area contributed by atoms with Crippen molar-refractivity contribution in [3.05, 3.63) is 34.9 Å². The Labute approximate surface area is 166 Å². The van der Waals surface area contributed by atoms with E-state index < -0.39 is 5.97 Å². The number of halogens is 1. The maximum absolute atomic E-state index is 12.8. The van der Waals surface area contributed by atoms with Gasteiger partial charge < -0.3 is 15.3 Å². The number of urea groups is 1. The van der Waals surface area contributed by atoms with Crippen LogP contribution in [0.25, 0.3) is 0 Å². The molecule has 0 bridgehead atoms. The Morgan fingerprint density at radius 2 is 1.93 bits per heavy atom. The molecule has 7 heteroatoms. The van der Waals surface area contributed by atoms with E-state index in [0.717, 1.165) is 18.4 Å². The molecular weight excluding hydrogens is 366 g/mol. The molecule has 0 spiro atoms. The van der Waals surface area contributed by atoms with Gasteiger partial charge in [-0.2, -0.15) is 0 Å². The predicted molar refractivity (Wildman–Crippen MR) is 107 cm³/mol. The summed E-state index contributed by atoms with van der Waals surface area (Å²) in [7, 11) is 0. The van der Waals surface area contributed by atoms with Crippen molar-refractivity contribution in [3.63, 3.8) is 0 Å². The van der Waals surface area contributed by atoms with Crippen molar-refractivity contribution in [2.45, 2.75) is 45.7 Å². The number of piperidine rings is 1. The Hall–Kier alpha value is -1.79. The minimum atomic E-state index is -0.809. The van der Waals surface area contributed by atoms with Crippen LogP contribution in [0.5, 0.6) is 0 Å². The Kier molecular flexibility index (Phi) is 7.92. The highest BCUT2D eigenvalue weighted by molar-refractivity contribution is 6.31. The number of nitrogens with zero attached hydrogens (tertiary/aromatic N) is 2. The van der Waals surface area contributed by atoms with Gasteiger partial charge in [-0.25, -0.2) is 4.79 Å². The first-order chi connectivity index (χ1) is 12.8. The zero-order valence-electron chi connectivity index (χ0n) is 16.3. The number of carbonyl (C=O) groups is 2. The van der Waals surface area contributed by atoms with Gasteiger partial charge in [0.2, 0.25) is 0 Å². The van der Waals surface area contributed by atoms with Crippen LogP contribution in [0.2, 0.25) is 5.02 Å². The molecular formula is C20H30ClN3O3. The van der Waals surface area contributed by atoms with Gasteiger partial charge in [-0.15, -0.1) is 0 Å². The quantitative estimate of drug-likeness (QED) is 0.739. The minimum absolute atomic E-state index is 0.0509. The van der Waals surface area contributed by atoms with E-state index in [1.807, 2.05) is 41.0 Å². The molecule has 150 valence electrons. The maximum Gasteiger partial charge on any atom is 0.317 e. The highest BCUT2D eigenvalue weighted by Crippen LogP contribution is 2.28. The standard InChI is InChI=1S/C20H30ClN3O3/c1-4-23(13-18(25)26)15-9-11-24(12-10-15)20(27)22-19(14(2)3)16-7-5-6-8-17(16)21/h5-8,14-15,19H,4,9-13H2,1-3H3,(H,22,27)(H,25,26). The van der Waals surface area contributed by atoms with E-state index in [1.54, 1.807) is 0 Å². The van der Waals surface area contributed by atoms with Crippen molar-refractivity contribution in [1.82, 2.24) is 15.1 Å². The number of benzene rings is 1. The van der Waals surface area contributed by atoms with Crippen LogP contribution in [0.3, 0.4) is 0 Å². The number of carboxylic acid groups (broad SMARTS) is 1. The van der Waals surface area contributed by atoms with E-state index in [9.17, 15) is 9.59 Å². The second-order valence-corrected chi connectivity index (χ2v) is 7.77. The van der Waals surface area contributed by atoms with Gasteiger partial charge in [0.25, 0.3) is 0 Å². The van der Waals surface area contributed by atoms with Gasteiger partial charge in [-0.1, -0.05) is 50.6 Å². The van der Waals surface area contributed by atoms with Crippen molar-refractivity contribution in [2.24, 2.45) is 5.92 Å². The van der Waals surface area contributed by atoms with Crippen LogP contribution >= 0.6 is 11.6 Å². The third-order valence-corrected chi connectivity index (χ3v) is 5.54. The number of amides is 2. The fourth-order valence-electron chi connectivity index (χ4n) is 3.66. The van der Waals surface area contributed by atoms with Crippen LogP contribution in [0, 0.1) is 5.92 Å². The molecule has 0 aromatic heterocycles. The summed E-state index contributed by atoms with van der Waals surface area (Å²) < 4.78 is 0. The van der Waals surface area contributed by atoms with Crippen LogP contribution < -0.4 is 5.32 Å². The Morgan fingerprint density at radius 1 is 1.30 bits per heavy atom.